The quantitative estimate of drug-likeness (QED) is 0.130. The van der Waals surface area contributed by atoms with Crippen LogP contribution in [-0.2, 0) is 25.0 Å². The molecule has 2 aromatic heterocycles. The fraction of sp³-hybridized carbons (Fsp3) is 0.0968. The first-order valence-electron chi connectivity index (χ1n) is 14.0. The number of nitrogens with zero attached hydrogens (tertiary/aromatic N) is 6. The van der Waals surface area contributed by atoms with Gasteiger partial charge in [0.15, 0.2) is 6.04 Å². The molecule has 242 valence electrons. The zero-order chi connectivity index (χ0) is 34.0. The van der Waals surface area contributed by atoms with Crippen molar-refractivity contribution in [2.75, 3.05) is 5.01 Å². The predicted molar refractivity (Wildman–Crippen MR) is 183 cm³/mol. The van der Waals surface area contributed by atoms with Crippen molar-refractivity contribution in [3.05, 3.63) is 84.4 Å². The lowest BCUT2D eigenvalue weighted by atomic mass is 10.2. The fourth-order valence-electron chi connectivity index (χ4n) is 5.12. The fourth-order valence-corrected chi connectivity index (χ4v) is 8.92. The third-order valence-electron chi connectivity index (χ3n) is 7.48. The maximum atomic E-state index is 13.0. The first-order chi connectivity index (χ1) is 22.8. The number of benzene rings is 4. The monoisotopic (exact) mass is 718 g/mol. The van der Waals surface area contributed by atoms with E-state index in [0.29, 0.717) is 37.9 Å². The Labute approximate surface area is 281 Å². The Balaban J connectivity index is 1.09. The Kier molecular flexibility index (Phi) is 7.77. The Morgan fingerprint density at radius 1 is 0.771 bits per heavy atom. The molecule has 1 unspecified atom stereocenters. The number of rotatable bonds is 7. The van der Waals surface area contributed by atoms with Crippen LogP contribution in [0.4, 0.5) is 11.4 Å². The second kappa shape index (κ2) is 11.7. The van der Waals surface area contributed by atoms with Gasteiger partial charge in [0.1, 0.15) is 14.9 Å². The molecule has 1 amide bonds. The number of anilines is 1. The van der Waals surface area contributed by atoms with Crippen molar-refractivity contribution < 1.29 is 30.7 Å². The summed E-state index contributed by atoms with van der Waals surface area (Å²) in [5.41, 5.74) is 4.59. The molecule has 4 aromatic carbocycles. The molecule has 0 spiro atoms. The van der Waals surface area contributed by atoms with E-state index in [0.717, 1.165) is 31.4 Å². The minimum absolute atomic E-state index is 0.126. The summed E-state index contributed by atoms with van der Waals surface area (Å²) in [6.07, 6.45) is 0. The van der Waals surface area contributed by atoms with Gasteiger partial charge in [-0.1, -0.05) is 6.07 Å². The highest BCUT2D eigenvalue weighted by Crippen LogP contribution is 2.38. The van der Waals surface area contributed by atoms with E-state index in [-0.39, 0.29) is 9.79 Å². The average Bonchev–Trinajstić information content (AvgIpc) is 3.74. The Hall–Kier alpha value is -4.78. The number of aryl methyl sites for hydroxylation is 1. The van der Waals surface area contributed by atoms with Gasteiger partial charge in [-0.25, -0.2) is 9.97 Å². The van der Waals surface area contributed by atoms with Gasteiger partial charge < -0.3 is 0 Å². The molecule has 0 saturated heterocycles. The van der Waals surface area contributed by atoms with Crippen molar-refractivity contribution in [2.45, 2.75) is 29.7 Å². The van der Waals surface area contributed by atoms with Crippen LogP contribution >= 0.6 is 22.7 Å². The molecule has 48 heavy (non-hydrogen) atoms. The maximum Gasteiger partial charge on any atom is 0.296 e. The third kappa shape index (κ3) is 5.91. The molecule has 0 saturated carbocycles. The summed E-state index contributed by atoms with van der Waals surface area (Å²) in [6, 6.07) is 20.4. The van der Waals surface area contributed by atoms with Crippen molar-refractivity contribution >= 4 is 86.3 Å². The molecule has 1 atom stereocenters. The highest BCUT2D eigenvalue weighted by molar-refractivity contribution is 7.86. The van der Waals surface area contributed by atoms with Gasteiger partial charge >= 0.3 is 0 Å². The van der Waals surface area contributed by atoms with Crippen LogP contribution in [-0.4, -0.2) is 53.6 Å². The van der Waals surface area contributed by atoms with Crippen LogP contribution in [0.25, 0.3) is 41.6 Å². The lowest BCUT2D eigenvalue weighted by molar-refractivity contribution is -0.117. The van der Waals surface area contributed by atoms with Crippen molar-refractivity contribution in [3.63, 3.8) is 0 Å². The summed E-state index contributed by atoms with van der Waals surface area (Å²) in [6.45, 7) is 3.27. The molecule has 0 aliphatic carbocycles. The van der Waals surface area contributed by atoms with Gasteiger partial charge in [0.2, 0.25) is 0 Å². The average molecular weight is 719 g/mol. The van der Waals surface area contributed by atoms with Crippen LogP contribution in [0.3, 0.4) is 0 Å². The molecule has 0 radical (unpaired) electrons. The van der Waals surface area contributed by atoms with Crippen LogP contribution in [0, 0.1) is 6.92 Å². The lowest BCUT2D eigenvalue weighted by Gasteiger charge is -2.12. The van der Waals surface area contributed by atoms with Crippen LogP contribution < -0.4 is 5.01 Å². The number of hydrogen-bond acceptors (Lipinski definition) is 12. The largest absolute Gasteiger partial charge is 0.296 e. The van der Waals surface area contributed by atoms with Crippen molar-refractivity contribution in [3.8, 4) is 21.1 Å². The molecular weight excluding hydrogens is 697 g/mol. The molecular formula is C31H22N6O7S4. The molecule has 17 heteroatoms. The normalized spacial score (nSPS) is 15.7. The van der Waals surface area contributed by atoms with Crippen LogP contribution in [0.2, 0.25) is 0 Å². The third-order valence-corrected chi connectivity index (χ3v) is 11.7. The highest BCUT2D eigenvalue weighted by Gasteiger charge is 2.35. The second-order valence-electron chi connectivity index (χ2n) is 10.8. The molecule has 1 aliphatic heterocycles. The predicted octanol–water partition coefficient (Wildman–Crippen LogP) is 6.92. The standard InChI is InChI=1S/C31H22N6O7S4/c1-16-3-13-24-27(28(16)48(42,43)44)46-30(33-24)19-6-14-23-25(15-19)45-29(32-23)18-4-7-20(8-5-18)34-35-26-17(2)36-37(31(26)38)21-9-11-22(12-10-21)47(39,40)41/h3-15,26H,1-2H3,(H,39,40,41)(H,42,43,44). The van der Waals surface area contributed by atoms with Gasteiger partial charge in [-0.05, 0) is 92.2 Å². The van der Waals surface area contributed by atoms with Gasteiger partial charge in [-0.3, -0.25) is 13.9 Å². The van der Waals surface area contributed by atoms with E-state index >= 15 is 0 Å². The summed E-state index contributed by atoms with van der Waals surface area (Å²) >= 11 is 2.68. The minimum atomic E-state index is -4.42. The number of fused-ring (bicyclic) bond motifs is 2. The minimum Gasteiger partial charge on any atom is -0.282 e. The first kappa shape index (κ1) is 31.8. The Bertz CT molecular complexity index is 2560. The first-order valence-corrected chi connectivity index (χ1v) is 18.5. The van der Waals surface area contributed by atoms with Crippen LogP contribution in [0.5, 0.6) is 0 Å². The number of azo groups is 1. The smallest absolute Gasteiger partial charge is 0.282 e. The van der Waals surface area contributed by atoms with E-state index in [1.807, 2.05) is 30.3 Å². The molecule has 0 bridgehead atoms. The van der Waals surface area contributed by atoms with Gasteiger partial charge in [0, 0.05) is 11.1 Å². The number of carbonyl (C=O) groups is 1. The molecule has 0 fully saturated rings. The van der Waals surface area contributed by atoms with E-state index in [1.165, 1.54) is 46.9 Å². The van der Waals surface area contributed by atoms with Crippen LogP contribution in [0.15, 0.2) is 104 Å². The number of thiazole rings is 2. The Morgan fingerprint density at radius 2 is 1.42 bits per heavy atom. The Morgan fingerprint density at radius 3 is 2.10 bits per heavy atom. The SMILES string of the molecule is CC1=NN(c2ccc(S(=O)(=O)O)cc2)C(=O)C1N=Nc1ccc(-c2nc3ccc(-c4nc5ccc(C)c(S(=O)(=O)O)c5s4)cc3s2)cc1. The number of amides is 1. The molecule has 13 nitrogen and oxygen atoms in total. The zero-order valence-corrected chi connectivity index (χ0v) is 28.1. The van der Waals surface area contributed by atoms with E-state index in [1.54, 1.807) is 38.1 Å². The number of hydrogen-bond donors (Lipinski definition) is 2. The summed E-state index contributed by atoms with van der Waals surface area (Å²) in [5.74, 6) is -0.457. The van der Waals surface area contributed by atoms with Gasteiger partial charge in [-0.15, -0.1) is 22.7 Å². The molecule has 1 aliphatic rings. The van der Waals surface area contributed by atoms with Crippen molar-refractivity contribution in [1.82, 2.24) is 9.97 Å². The summed E-state index contributed by atoms with van der Waals surface area (Å²) < 4.78 is 67.0. The maximum absolute atomic E-state index is 13.0. The highest BCUT2D eigenvalue weighted by atomic mass is 32.2. The number of carbonyl (C=O) groups excluding carboxylic acids is 1. The van der Waals surface area contributed by atoms with E-state index in [2.05, 4.69) is 20.3 Å². The van der Waals surface area contributed by atoms with Crippen molar-refractivity contribution in [1.29, 1.82) is 0 Å². The summed E-state index contributed by atoms with van der Waals surface area (Å²) in [4.78, 5) is 22.0. The van der Waals surface area contributed by atoms with E-state index in [4.69, 9.17) is 4.98 Å². The molecule has 3 heterocycles. The topological polar surface area (TPSA) is 192 Å². The number of hydrazone groups is 1. The summed E-state index contributed by atoms with van der Waals surface area (Å²) in [5, 5.41) is 15.2. The van der Waals surface area contributed by atoms with E-state index in [9.17, 15) is 30.7 Å². The summed E-state index contributed by atoms with van der Waals surface area (Å²) in [7, 11) is -8.79. The van der Waals surface area contributed by atoms with Gasteiger partial charge in [-0.2, -0.15) is 37.2 Å². The molecule has 2 N–H and O–H groups in total. The number of aromatic nitrogens is 2. The van der Waals surface area contributed by atoms with Crippen LogP contribution in [0.1, 0.15) is 12.5 Å². The van der Waals surface area contributed by atoms with Crippen molar-refractivity contribution in [2.24, 2.45) is 15.3 Å². The molecule has 7 rings (SSSR count). The second-order valence-corrected chi connectivity index (χ2v) is 15.6. The van der Waals surface area contributed by atoms with Gasteiger partial charge in [0.05, 0.1) is 42.4 Å². The lowest BCUT2D eigenvalue weighted by Crippen LogP contribution is -2.29. The van der Waals surface area contributed by atoms with Gasteiger partial charge in [0.25, 0.3) is 26.1 Å². The van der Waals surface area contributed by atoms with E-state index < -0.39 is 32.2 Å². The molecule has 6 aromatic rings. The zero-order valence-electron chi connectivity index (χ0n) is 24.8.